The van der Waals surface area contributed by atoms with Crippen molar-refractivity contribution in [2.24, 2.45) is 0 Å². The first kappa shape index (κ1) is 18.1. The first-order chi connectivity index (χ1) is 11.3. The summed E-state index contributed by atoms with van der Waals surface area (Å²) in [5.74, 6) is 0.798. The number of nitrogens with zero attached hydrogens (tertiary/aromatic N) is 1. The van der Waals surface area contributed by atoms with Crippen molar-refractivity contribution in [3.8, 4) is 11.5 Å². The lowest BCUT2D eigenvalue weighted by molar-refractivity contribution is -0.122. The Morgan fingerprint density at radius 1 is 1.17 bits per heavy atom. The Morgan fingerprint density at radius 3 is 2.54 bits per heavy atom. The molecule has 0 aliphatic carbocycles. The maximum atomic E-state index is 11.8. The molecule has 0 amide bonds. The van der Waals surface area contributed by atoms with Gasteiger partial charge in [0.05, 0.1) is 17.0 Å². The number of sulfone groups is 1. The molecule has 0 aliphatic heterocycles. The van der Waals surface area contributed by atoms with Crippen molar-refractivity contribution in [2.75, 3.05) is 20.0 Å². The molecule has 0 saturated carbocycles. The Labute approximate surface area is 141 Å². The van der Waals surface area contributed by atoms with Crippen LogP contribution in [0.2, 0.25) is 0 Å². The van der Waals surface area contributed by atoms with Crippen LogP contribution in [0.15, 0.2) is 41.4 Å². The number of carbonyl (C=O) groups excluding carboxylic acids is 1. The lowest BCUT2D eigenvalue weighted by Crippen LogP contribution is -2.10. The van der Waals surface area contributed by atoms with Crippen LogP contribution in [0.1, 0.15) is 11.3 Å². The number of ether oxygens (including phenoxy) is 2. The smallest absolute Gasteiger partial charge is 0.175 e. The van der Waals surface area contributed by atoms with E-state index in [4.69, 9.17) is 9.47 Å². The largest absolute Gasteiger partial charge is 0.457 e. The summed E-state index contributed by atoms with van der Waals surface area (Å²) in [6, 6.07) is 8.16. The van der Waals surface area contributed by atoms with Crippen molar-refractivity contribution in [1.29, 1.82) is 0 Å². The third kappa shape index (κ3) is 4.87. The zero-order valence-electron chi connectivity index (χ0n) is 13.8. The Kier molecular flexibility index (Phi) is 5.69. The molecule has 0 fully saturated rings. The molecule has 0 spiro atoms. The number of ketones is 1. The second kappa shape index (κ2) is 7.55. The average Bonchev–Trinajstić information content (AvgIpc) is 2.48. The third-order valence-electron chi connectivity index (χ3n) is 3.27. The Hall–Kier alpha value is -2.25. The van der Waals surface area contributed by atoms with E-state index in [-0.39, 0.29) is 23.7 Å². The molecule has 128 valence electrons. The first-order valence-corrected chi connectivity index (χ1v) is 9.13. The molecule has 1 aromatic carbocycles. The Bertz CT molecular complexity index is 846. The maximum Gasteiger partial charge on any atom is 0.175 e. The van der Waals surface area contributed by atoms with Crippen LogP contribution in [0.25, 0.3) is 0 Å². The highest BCUT2D eigenvalue weighted by molar-refractivity contribution is 7.90. The van der Waals surface area contributed by atoms with Crippen LogP contribution >= 0.6 is 0 Å². The second-order valence-corrected chi connectivity index (χ2v) is 7.42. The Balaban J connectivity index is 2.21. The number of carbonyl (C=O) groups is 1. The predicted octanol–water partition coefficient (Wildman–Crippen LogP) is 2.34. The molecule has 0 radical (unpaired) electrons. The SMILES string of the molecule is COCC(=O)Cc1cc(Oc2ccc(C)c(S(C)(=O)=O)c2)ccn1. The molecule has 2 aromatic rings. The number of hydrogen-bond donors (Lipinski definition) is 0. The van der Waals surface area contributed by atoms with Crippen LogP contribution in [0, 0.1) is 6.92 Å². The average molecular weight is 349 g/mol. The number of methoxy groups -OCH3 is 1. The lowest BCUT2D eigenvalue weighted by Gasteiger charge is -2.10. The summed E-state index contributed by atoms with van der Waals surface area (Å²) < 4.78 is 34.1. The number of rotatable bonds is 7. The van der Waals surface area contributed by atoms with E-state index in [0.717, 1.165) is 6.26 Å². The normalized spacial score (nSPS) is 11.3. The molecule has 1 heterocycles. The topological polar surface area (TPSA) is 82.6 Å². The summed E-state index contributed by atoms with van der Waals surface area (Å²) in [4.78, 5) is 16.0. The minimum Gasteiger partial charge on any atom is -0.457 e. The highest BCUT2D eigenvalue weighted by Crippen LogP contribution is 2.26. The molecule has 0 N–H and O–H groups in total. The van der Waals surface area contributed by atoms with Gasteiger partial charge in [-0.05, 0) is 30.7 Å². The summed E-state index contributed by atoms with van der Waals surface area (Å²) >= 11 is 0. The van der Waals surface area contributed by atoms with E-state index in [1.807, 2.05) is 0 Å². The van der Waals surface area contributed by atoms with Crippen molar-refractivity contribution in [3.63, 3.8) is 0 Å². The van der Waals surface area contributed by atoms with E-state index < -0.39 is 9.84 Å². The van der Waals surface area contributed by atoms with Crippen molar-refractivity contribution in [2.45, 2.75) is 18.2 Å². The molecule has 24 heavy (non-hydrogen) atoms. The van der Waals surface area contributed by atoms with Gasteiger partial charge in [0.1, 0.15) is 18.1 Å². The number of aryl methyl sites for hydroxylation is 1. The maximum absolute atomic E-state index is 11.8. The monoisotopic (exact) mass is 349 g/mol. The summed E-state index contributed by atoms with van der Waals surface area (Å²) in [5, 5.41) is 0. The van der Waals surface area contributed by atoms with Crippen LogP contribution < -0.4 is 4.74 Å². The highest BCUT2D eigenvalue weighted by atomic mass is 32.2. The van der Waals surface area contributed by atoms with Crippen LogP contribution in [0.5, 0.6) is 11.5 Å². The fourth-order valence-corrected chi connectivity index (χ4v) is 3.19. The van der Waals surface area contributed by atoms with Gasteiger partial charge < -0.3 is 9.47 Å². The van der Waals surface area contributed by atoms with E-state index in [2.05, 4.69) is 4.98 Å². The van der Waals surface area contributed by atoms with E-state index in [0.29, 0.717) is 22.8 Å². The summed E-state index contributed by atoms with van der Waals surface area (Å²) in [6.07, 6.45) is 2.84. The second-order valence-electron chi connectivity index (χ2n) is 5.43. The van der Waals surface area contributed by atoms with Gasteiger partial charge in [-0.2, -0.15) is 0 Å². The van der Waals surface area contributed by atoms with Crippen LogP contribution in [0.4, 0.5) is 0 Å². The minimum absolute atomic E-state index is 0.0302. The molecule has 2 rings (SSSR count). The van der Waals surface area contributed by atoms with E-state index in [1.165, 1.54) is 19.4 Å². The summed E-state index contributed by atoms with van der Waals surface area (Å²) in [5.41, 5.74) is 1.22. The van der Waals surface area contributed by atoms with Gasteiger partial charge in [-0.25, -0.2) is 8.42 Å². The van der Waals surface area contributed by atoms with Gasteiger partial charge in [0.25, 0.3) is 0 Å². The number of hydrogen-bond acceptors (Lipinski definition) is 6. The van der Waals surface area contributed by atoms with Crippen molar-refractivity contribution in [1.82, 2.24) is 4.98 Å². The molecule has 0 bridgehead atoms. The van der Waals surface area contributed by atoms with Gasteiger partial charge in [0, 0.05) is 25.6 Å². The van der Waals surface area contributed by atoms with Gasteiger partial charge in [-0.3, -0.25) is 9.78 Å². The first-order valence-electron chi connectivity index (χ1n) is 7.23. The van der Waals surface area contributed by atoms with Crippen molar-refractivity contribution < 1.29 is 22.7 Å². The molecule has 6 nitrogen and oxygen atoms in total. The molecule has 0 atom stereocenters. The molecule has 0 saturated heterocycles. The van der Waals surface area contributed by atoms with Crippen molar-refractivity contribution in [3.05, 3.63) is 47.8 Å². The van der Waals surface area contributed by atoms with Crippen LogP contribution in [0.3, 0.4) is 0 Å². The molecule has 0 aliphatic rings. The summed E-state index contributed by atoms with van der Waals surface area (Å²) in [7, 11) is -1.87. The van der Waals surface area contributed by atoms with Crippen LogP contribution in [-0.4, -0.2) is 39.2 Å². The van der Waals surface area contributed by atoms with E-state index in [9.17, 15) is 13.2 Å². The quantitative estimate of drug-likeness (QED) is 0.763. The van der Waals surface area contributed by atoms with Gasteiger partial charge in [0.15, 0.2) is 15.6 Å². The van der Waals surface area contributed by atoms with Gasteiger partial charge in [-0.15, -0.1) is 0 Å². The number of aromatic nitrogens is 1. The van der Waals surface area contributed by atoms with E-state index in [1.54, 1.807) is 31.2 Å². The molecule has 7 heteroatoms. The third-order valence-corrected chi connectivity index (χ3v) is 4.51. The highest BCUT2D eigenvalue weighted by Gasteiger charge is 2.13. The summed E-state index contributed by atoms with van der Waals surface area (Å²) in [6.45, 7) is 1.76. The zero-order chi connectivity index (χ0) is 17.7. The number of benzene rings is 1. The predicted molar refractivity (Wildman–Crippen MR) is 89.2 cm³/mol. The molecular weight excluding hydrogens is 330 g/mol. The van der Waals surface area contributed by atoms with Gasteiger partial charge in [-0.1, -0.05) is 6.07 Å². The number of Topliss-reactive ketones (excluding diaryl/α,β-unsaturated/α-hetero) is 1. The lowest BCUT2D eigenvalue weighted by atomic mass is 10.2. The molecular formula is C17H19NO5S. The molecule has 0 unspecified atom stereocenters. The fraction of sp³-hybridized carbons (Fsp3) is 0.294. The Morgan fingerprint density at radius 2 is 1.88 bits per heavy atom. The fourth-order valence-electron chi connectivity index (χ4n) is 2.21. The van der Waals surface area contributed by atoms with Crippen molar-refractivity contribution >= 4 is 15.6 Å². The van der Waals surface area contributed by atoms with Gasteiger partial charge in [0.2, 0.25) is 0 Å². The van der Waals surface area contributed by atoms with Crippen LogP contribution in [-0.2, 0) is 25.8 Å². The number of pyridine rings is 1. The van der Waals surface area contributed by atoms with E-state index >= 15 is 0 Å². The minimum atomic E-state index is -3.33. The van der Waals surface area contributed by atoms with Gasteiger partial charge >= 0.3 is 0 Å². The molecule has 1 aromatic heterocycles. The standard InChI is InChI=1S/C17H19NO5S/c1-12-4-5-15(10-17(12)24(3,20)21)23-16-6-7-18-13(9-16)8-14(19)11-22-2/h4-7,9-10H,8,11H2,1-3H3. The zero-order valence-corrected chi connectivity index (χ0v) is 14.6.